The number of benzene rings is 2. The maximum absolute atomic E-state index is 13.1. The van der Waals surface area contributed by atoms with E-state index in [2.05, 4.69) is 4.90 Å². The van der Waals surface area contributed by atoms with Crippen LogP contribution >= 0.6 is 11.8 Å². The van der Waals surface area contributed by atoms with Crippen molar-refractivity contribution in [1.82, 2.24) is 4.90 Å². The fourth-order valence-electron chi connectivity index (χ4n) is 1.70. The lowest BCUT2D eigenvalue weighted by atomic mass is 10.2. The van der Waals surface area contributed by atoms with E-state index < -0.39 is 11.6 Å². The molecule has 0 saturated heterocycles. The molecule has 0 bridgehead atoms. The quantitative estimate of drug-likeness (QED) is 0.826. The summed E-state index contributed by atoms with van der Waals surface area (Å²) in [5.41, 5.74) is 1.22. The van der Waals surface area contributed by atoms with Crippen LogP contribution in [0.4, 0.5) is 8.78 Å². The van der Waals surface area contributed by atoms with Gasteiger partial charge in [-0.05, 0) is 50.0 Å². The average Bonchev–Trinajstić information content (AvgIpc) is 2.36. The zero-order chi connectivity index (χ0) is 13.8. The Balaban J connectivity index is 2.08. The van der Waals surface area contributed by atoms with E-state index in [-0.39, 0.29) is 0 Å². The van der Waals surface area contributed by atoms with E-state index in [0.29, 0.717) is 4.90 Å². The Bertz CT molecular complexity index is 553. The molecule has 0 N–H and O–H groups in total. The smallest absolute Gasteiger partial charge is 0.159 e. The third-order valence-corrected chi connectivity index (χ3v) is 3.55. The van der Waals surface area contributed by atoms with Crippen LogP contribution in [0, 0.1) is 11.6 Å². The predicted molar refractivity (Wildman–Crippen MR) is 74.3 cm³/mol. The molecule has 4 heteroatoms. The van der Waals surface area contributed by atoms with Gasteiger partial charge in [0.05, 0.1) is 0 Å². The van der Waals surface area contributed by atoms with E-state index in [0.717, 1.165) is 17.5 Å². The topological polar surface area (TPSA) is 3.24 Å². The summed E-state index contributed by atoms with van der Waals surface area (Å²) in [5, 5.41) is 0. The SMILES string of the molecule is CN(C)Cc1ccc(Sc2ccc(F)c(F)c2)cc1. The summed E-state index contributed by atoms with van der Waals surface area (Å²) in [6.07, 6.45) is 0. The minimum absolute atomic E-state index is 0.694. The van der Waals surface area contributed by atoms with Crippen molar-refractivity contribution in [3.63, 3.8) is 0 Å². The second-order valence-electron chi connectivity index (χ2n) is 4.56. The molecule has 0 saturated carbocycles. The van der Waals surface area contributed by atoms with Crippen LogP contribution in [0.3, 0.4) is 0 Å². The van der Waals surface area contributed by atoms with Crippen LogP contribution in [0.1, 0.15) is 5.56 Å². The van der Waals surface area contributed by atoms with Crippen LogP contribution in [0.25, 0.3) is 0 Å². The number of halogens is 2. The molecule has 0 heterocycles. The van der Waals surface area contributed by atoms with Crippen molar-refractivity contribution in [3.8, 4) is 0 Å². The van der Waals surface area contributed by atoms with Crippen molar-refractivity contribution in [2.24, 2.45) is 0 Å². The molecule has 0 aliphatic carbocycles. The van der Waals surface area contributed by atoms with E-state index in [1.54, 1.807) is 6.07 Å². The largest absolute Gasteiger partial charge is 0.305 e. The van der Waals surface area contributed by atoms with Gasteiger partial charge in [0.25, 0.3) is 0 Å². The second-order valence-corrected chi connectivity index (χ2v) is 5.71. The highest BCUT2D eigenvalue weighted by Gasteiger charge is 2.04. The van der Waals surface area contributed by atoms with Gasteiger partial charge in [-0.1, -0.05) is 23.9 Å². The average molecular weight is 279 g/mol. The third kappa shape index (κ3) is 4.04. The number of hydrogen-bond acceptors (Lipinski definition) is 2. The Kier molecular flexibility index (Phi) is 4.56. The molecular weight excluding hydrogens is 264 g/mol. The summed E-state index contributed by atoms with van der Waals surface area (Å²) in [6, 6.07) is 12.0. The van der Waals surface area contributed by atoms with Crippen LogP contribution in [-0.2, 0) is 6.54 Å². The highest BCUT2D eigenvalue weighted by atomic mass is 32.2. The Morgan fingerprint density at radius 2 is 1.53 bits per heavy atom. The van der Waals surface area contributed by atoms with Crippen molar-refractivity contribution < 1.29 is 8.78 Å². The van der Waals surface area contributed by atoms with E-state index in [4.69, 9.17) is 0 Å². The predicted octanol–water partition coefficient (Wildman–Crippen LogP) is 4.18. The lowest BCUT2D eigenvalue weighted by Crippen LogP contribution is -2.10. The van der Waals surface area contributed by atoms with Crippen molar-refractivity contribution in [2.45, 2.75) is 16.3 Å². The minimum atomic E-state index is -0.814. The summed E-state index contributed by atoms with van der Waals surface area (Å²) in [4.78, 5) is 3.80. The van der Waals surface area contributed by atoms with Crippen LogP contribution in [0.5, 0.6) is 0 Å². The molecule has 100 valence electrons. The molecule has 1 nitrogen and oxygen atoms in total. The normalized spacial score (nSPS) is 11.0. The molecule has 0 spiro atoms. The molecule has 0 aliphatic rings. The van der Waals surface area contributed by atoms with Gasteiger partial charge in [0.2, 0.25) is 0 Å². The fourth-order valence-corrected chi connectivity index (χ4v) is 2.55. The second kappa shape index (κ2) is 6.17. The van der Waals surface area contributed by atoms with Gasteiger partial charge in [-0.2, -0.15) is 0 Å². The van der Waals surface area contributed by atoms with Gasteiger partial charge in [0.15, 0.2) is 11.6 Å². The van der Waals surface area contributed by atoms with Gasteiger partial charge in [0.1, 0.15) is 0 Å². The lowest BCUT2D eigenvalue weighted by Gasteiger charge is -2.10. The highest BCUT2D eigenvalue weighted by molar-refractivity contribution is 7.99. The number of nitrogens with zero attached hydrogens (tertiary/aromatic N) is 1. The van der Waals surface area contributed by atoms with Gasteiger partial charge in [-0.15, -0.1) is 0 Å². The van der Waals surface area contributed by atoms with E-state index in [1.165, 1.54) is 23.4 Å². The summed E-state index contributed by atoms with van der Waals surface area (Å²) in [6.45, 7) is 0.885. The van der Waals surface area contributed by atoms with Gasteiger partial charge in [0, 0.05) is 16.3 Å². The molecule has 2 rings (SSSR count). The standard InChI is InChI=1S/C15H15F2NS/c1-18(2)10-11-3-5-12(6-4-11)19-13-7-8-14(16)15(17)9-13/h3-9H,10H2,1-2H3. The molecule has 0 aliphatic heterocycles. The van der Waals surface area contributed by atoms with Crippen molar-refractivity contribution in [1.29, 1.82) is 0 Å². The molecule has 2 aromatic rings. The monoisotopic (exact) mass is 279 g/mol. The zero-order valence-electron chi connectivity index (χ0n) is 10.9. The van der Waals surface area contributed by atoms with Crippen molar-refractivity contribution in [3.05, 3.63) is 59.7 Å². The van der Waals surface area contributed by atoms with Crippen LogP contribution in [-0.4, -0.2) is 19.0 Å². The number of hydrogen-bond donors (Lipinski definition) is 0. The lowest BCUT2D eigenvalue weighted by molar-refractivity contribution is 0.402. The van der Waals surface area contributed by atoms with Crippen LogP contribution < -0.4 is 0 Å². The van der Waals surface area contributed by atoms with Crippen molar-refractivity contribution >= 4 is 11.8 Å². The van der Waals surface area contributed by atoms with Crippen LogP contribution in [0.15, 0.2) is 52.3 Å². The highest BCUT2D eigenvalue weighted by Crippen LogP contribution is 2.28. The fraction of sp³-hybridized carbons (Fsp3) is 0.200. The summed E-state index contributed by atoms with van der Waals surface area (Å²) in [7, 11) is 4.04. The Morgan fingerprint density at radius 1 is 0.895 bits per heavy atom. The molecule has 2 aromatic carbocycles. The molecule has 0 amide bonds. The first-order valence-electron chi connectivity index (χ1n) is 5.91. The maximum Gasteiger partial charge on any atom is 0.159 e. The summed E-state index contributed by atoms with van der Waals surface area (Å²) < 4.78 is 25.9. The van der Waals surface area contributed by atoms with Gasteiger partial charge in [-0.25, -0.2) is 8.78 Å². The first kappa shape index (κ1) is 14.0. The molecule has 0 atom stereocenters. The summed E-state index contributed by atoms with van der Waals surface area (Å²) in [5.74, 6) is -1.63. The van der Waals surface area contributed by atoms with Crippen LogP contribution in [0.2, 0.25) is 0 Å². The van der Waals surface area contributed by atoms with Gasteiger partial charge in [-0.3, -0.25) is 0 Å². The van der Waals surface area contributed by atoms with Crippen molar-refractivity contribution in [2.75, 3.05) is 14.1 Å². The minimum Gasteiger partial charge on any atom is -0.305 e. The van der Waals surface area contributed by atoms with E-state index in [1.807, 2.05) is 38.4 Å². The molecule has 0 fully saturated rings. The molecule has 19 heavy (non-hydrogen) atoms. The summed E-state index contributed by atoms with van der Waals surface area (Å²) >= 11 is 1.42. The van der Waals surface area contributed by atoms with E-state index >= 15 is 0 Å². The molecule has 0 unspecified atom stereocenters. The zero-order valence-corrected chi connectivity index (χ0v) is 11.7. The Hall–Kier alpha value is -1.39. The Morgan fingerprint density at radius 3 is 2.11 bits per heavy atom. The molecule has 0 aromatic heterocycles. The first-order valence-corrected chi connectivity index (χ1v) is 6.73. The Labute approximate surface area is 116 Å². The maximum atomic E-state index is 13.1. The first-order chi connectivity index (χ1) is 9.04. The third-order valence-electron chi connectivity index (χ3n) is 2.55. The van der Waals surface area contributed by atoms with E-state index in [9.17, 15) is 8.78 Å². The van der Waals surface area contributed by atoms with Gasteiger partial charge >= 0.3 is 0 Å². The molecule has 0 radical (unpaired) electrons. The molecular formula is C15H15F2NS. The number of rotatable bonds is 4. The van der Waals surface area contributed by atoms with Gasteiger partial charge < -0.3 is 4.90 Å².